The summed E-state index contributed by atoms with van der Waals surface area (Å²) < 4.78 is 19.1. The average molecular weight is 264 g/mol. The predicted molar refractivity (Wildman–Crippen MR) is 72.4 cm³/mol. The van der Waals surface area contributed by atoms with Crippen molar-refractivity contribution in [1.29, 1.82) is 0 Å². The maximum absolute atomic E-state index is 12.0. The van der Waals surface area contributed by atoms with Gasteiger partial charge in [-0.25, -0.2) is 0 Å². The first-order chi connectivity index (χ1) is 9.26. The third kappa shape index (κ3) is 3.10. The molecule has 2 aromatic rings. The van der Waals surface area contributed by atoms with Crippen LogP contribution in [-0.2, 0) is 6.54 Å². The zero-order chi connectivity index (χ0) is 13.7. The number of methoxy groups -OCH3 is 1. The van der Waals surface area contributed by atoms with Gasteiger partial charge in [0, 0.05) is 6.54 Å². The fourth-order valence-electron chi connectivity index (χ4n) is 2.05. The Hall–Kier alpha value is -1.91. The number of benzene rings is 1. The van der Waals surface area contributed by atoms with Crippen LogP contribution in [0.3, 0.4) is 0 Å². The second-order valence-corrected chi connectivity index (χ2v) is 4.38. The van der Waals surface area contributed by atoms with Crippen molar-refractivity contribution in [3.05, 3.63) is 34.9 Å². The quantitative estimate of drug-likeness (QED) is 0.753. The topological polar surface area (TPSA) is 44.1 Å². The summed E-state index contributed by atoms with van der Waals surface area (Å²) in [6.45, 7) is 0.455. The Kier molecular flexibility index (Phi) is 4.49. The van der Waals surface area contributed by atoms with Crippen LogP contribution in [0.15, 0.2) is 29.3 Å². The van der Waals surface area contributed by atoms with Gasteiger partial charge in [0.05, 0.1) is 31.0 Å². The Morgan fingerprint density at radius 3 is 2.89 bits per heavy atom. The first kappa shape index (κ1) is 13.5. The van der Waals surface area contributed by atoms with Crippen LogP contribution < -0.4 is 10.3 Å². The third-order valence-corrected chi connectivity index (χ3v) is 3.09. The van der Waals surface area contributed by atoms with Crippen molar-refractivity contribution in [3.63, 3.8) is 0 Å². The SMILES string of the molecule is COc1ccc2c(c1)c(=O)ncn2CCCCCF. The van der Waals surface area contributed by atoms with Gasteiger partial charge in [-0.3, -0.25) is 9.18 Å². The summed E-state index contributed by atoms with van der Waals surface area (Å²) in [5, 5.41) is 0.548. The maximum atomic E-state index is 12.0. The number of ether oxygens (including phenoxy) is 1. The Bertz CT molecular complexity index is 610. The molecule has 0 N–H and O–H groups in total. The highest BCUT2D eigenvalue weighted by Gasteiger charge is 2.05. The highest BCUT2D eigenvalue weighted by atomic mass is 19.1. The summed E-state index contributed by atoms with van der Waals surface area (Å²) in [5.41, 5.74) is 0.579. The highest BCUT2D eigenvalue weighted by Crippen LogP contribution is 2.17. The second-order valence-electron chi connectivity index (χ2n) is 4.38. The summed E-state index contributed by atoms with van der Waals surface area (Å²) in [5.74, 6) is 0.640. The molecule has 0 aliphatic heterocycles. The van der Waals surface area contributed by atoms with E-state index in [-0.39, 0.29) is 12.2 Å². The van der Waals surface area contributed by atoms with E-state index in [2.05, 4.69) is 4.98 Å². The molecule has 0 fully saturated rings. The number of hydrogen-bond acceptors (Lipinski definition) is 3. The molecule has 102 valence electrons. The van der Waals surface area contributed by atoms with Crippen molar-refractivity contribution in [2.75, 3.05) is 13.8 Å². The van der Waals surface area contributed by atoms with Gasteiger partial charge >= 0.3 is 0 Å². The number of halogens is 1. The number of unbranched alkanes of at least 4 members (excludes halogenated alkanes) is 2. The lowest BCUT2D eigenvalue weighted by molar-refractivity contribution is 0.415. The predicted octanol–water partition coefficient (Wildman–Crippen LogP) is 2.54. The third-order valence-electron chi connectivity index (χ3n) is 3.09. The lowest BCUT2D eigenvalue weighted by Crippen LogP contribution is -2.12. The minimum absolute atomic E-state index is 0.256. The molecule has 0 unspecified atom stereocenters. The zero-order valence-corrected chi connectivity index (χ0v) is 10.9. The molecule has 0 bridgehead atoms. The van der Waals surface area contributed by atoms with E-state index in [1.807, 2.05) is 16.7 Å². The van der Waals surface area contributed by atoms with E-state index in [9.17, 15) is 9.18 Å². The van der Waals surface area contributed by atoms with Crippen LogP contribution in [0.1, 0.15) is 19.3 Å². The van der Waals surface area contributed by atoms with E-state index >= 15 is 0 Å². The van der Waals surface area contributed by atoms with Crippen molar-refractivity contribution in [3.8, 4) is 5.75 Å². The van der Waals surface area contributed by atoms with Gasteiger partial charge in [0.25, 0.3) is 5.56 Å². The molecule has 19 heavy (non-hydrogen) atoms. The standard InChI is InChI=1S/C14H17FN2O2/c1-19-11-5-6-13-12(9-11)14(18)16-10-17(13)8-4-2-3-7-15/h5-6,9-10H,2-4,7-8H2,1H3. The fourth-order valence-corrected chi connectivity index (χ4v) is 2.05. The lowest BCUT2D eigenvalue weighted by atomic mass is 10.2. The van der Waals surface area contributed by atoms with Crippen molar-refractivity contribution >= 4 is 10.9 Å². The number of hydrogen-bond donors (Lipinski definition) is 0. The van der Waals surface area contributed by atoms with Crippen LogP contribution in [0.5, 0.6) is 5.75 Å². The molecule has 1 aromatic carbocycles. The Morgan fingerprint density at radius 2 is 2.16 bits per heavy atom. The molecule has 0 radical (unpaired) electrons. The normalized spacial score (nSPS) is 10.8. The van der Waals surface area contributed by atoms with E-state index in [1.165, 1.54) is 0 Å². The first-order valence-corrected chi connectivity index (χ1v) is 6.35. The van der Waals surface area contributed by atoms with Crippen LogP contribution >= 0.6 is 0 Å². The molecular weight excluding hydrogens is 247 g/mol. The van der Waals surface area contributed by atoms with Crippen molar-refractivity contribution < 1.29 is 9.13 Å². The molecule has 0 amide bonds. The maximum Gasteiger partial charge on any atom is 0.280 e. The van der Waals surface area contributed by atoms with Gasteiger partial charge in [0.2, 0.25) is 0 Å². The van der Waals surface area contributed by atoms with Crippen LogP contribution in [0.4, 0.5) is 4.39 Å². The molecule has 5 heteroatoms. The van der Waals surface area contributed by atoms with Gasteiger partial charge < -0.3 is 9.30 Å². The van der Waals surface area contributed by atoms with E-state index in [0.717, 1.165) is 24.9 Å². The monoisotopic (exact) mass is 264 g/mol. The number of aryl methyl sites for hydroxylation is 1. The Labute approximate surface area is 110 Å². The van der Waals surface area contributed by atoms with Gasteiger partial charge in [-0.1, -0.05) is 0 Å². The molecule has 1 aromatic heterocycles. The molecule has 1 heterocycles. The van der Waals surface area contributed by atoms with Crippen LogP contribution in [0.25, 0.3) is 10.9 Å². The van der Waals surface area contributed by atoms with E-state index in [0.29, 0.717) is 17.6 Å². The lowest BCUT2D eigenvalue weighted by Gasteiger charge is -2.10. The number of rotatable bonds is 6. The smallest absolute Gasteiger partial charge is 0.280 e. The molecule has 0 saturated carbocycles. The summed E-state index contributed by atoms with van der Waals surface area (Å²) in [6, 6.07) is 5.37. The Morgan fingerprint density at radius 1 is 1.32 bits per heavy atom. The molecule has 0 spiro atoms. The second kappa shape index (κ2) is 6.31. The average Bonchev–Trinajstić information content (AvgIpc) is 2.45. The molecule has 0 aliphatic carbocycles. The molecule has 4 nitrogen and oxygen atoms in total. The van der Waals surface area contributed by atoms with E-state index < -0.39 is 0 Å². The molecule has 0 saturated heterocycles. The van der Waals surface area contributed by atoms with Crippen LogP contribution in [0, 0.1) is 0 Å². The molecular formula is C14H17FN2O2. The largest absolute Gasteiger partial charge is 0.497 e. The van der Waals surface area contributed by atoms with Gasteiger partial charge in [-0.2, -0.15) is 4.98 Å². The van der Waals surface area contributed by atoms with Crippen molar-refractivity contribution in [1.82, 2.24) is 9.55 Å². The first-order valence-electron chi connectivity index (χ1n) is 6.35. The summed E-state index contributed by atoms with van der Waals surface area (Å²) in [6.07, 6.45) is 3.84. The van der Waals surface area contributed by atoms with Gasteiger partial charge in [0.15, 0.2) is 0 Å². The van der Waals surface area contributed by atoms with Gasteiger partial charge in [-0.15, -0.1) is 0 Å². The van der Waals surface area contributed by atoms with E-state index in [1.54, 1.807) is 19.5 Å². The molecule has 0 atom stereocenters. The van der Waals surface area contributed by atoms with Crippen molar-refractivity contribution in [2.24, 2.45) is 0 Å². The highest BCUT2D eigenvalue weighted by molar-refractivity contribution is 5.79. The fraction of sp³-hybridized carbons (Fsp3) is 0.429. The molecule has 2 rings (SSSR count). The zero-order valence-electron chi connectivity index (χ0n) is 10.9. The van der Waals surface area contributed by atoms with E-state index in [4.69, 9.17) is 4.74 Å². The van der Waals surface area contributed by atoms with Crippen LogP contribution in [-0.4, -0.2) is 23.3 Å². The Balaban J connectivity index is 2.29. The minimum Gasteiger partial charge on any atom is -0.497 e. The summed E-state index contributed by atoms with van der Waals surface area (Å²) in [7, 11) is 1.56. The minimum atomic E-state index is -0.277. The number of aromatic nitrogens is 2. The summed E-state index contributed by atoms with van der Waals surface area (Å²) in [4.78, 5) is 15.6. The number of nitrogens with zero attached hydrogens (tertiary/aromatic N) is 2. The van der Waals surface area contributed by atoms with Gasteiger partial charge in [-0.05, 0) is 37.5 Å². The summed E-state index contributed by atoms with van der Waals surface area (Å²) >= 11 is 0. The van der Waals surface area contributed by atoms with Crippen LogP contribution in [0.2, 0.25) is 0 Å². The van der Waals surface area contributed by atoms with Gasteiger partial charge in [0.1, 0.15) is 5.75 Å². The molecule has 0 aliphatic rings. The number of fused-ring (bicyclic) bond motifs is 1. The number of alkyl halides is 1. The van der Waals surface area contributed by atoms with Crippen molar-refractivity contribution in [2.45, 2.75) is 25.8 Å².